The first-order valence-electron chi connectivity index (χ1n) is 6.51. The number of likely N-dealkylation sites (tertiary alicyclic amines) is 1. The molecule has 1 aromatic heterocycles. The van der Waals surface area contributed by atoms with Crippen molar-refractivity contribution in [2.45, 2.75) is 38.6 Å². The Morgan fingerprint density at radius 1 is 1.25 bits per heavy atom. The number of hydrogen-bond donors (Lipinski definition) is 1. The van der Waals surface area contributed by atoms with E-state index in [1.54, 1.807) is 0 Å². The second kappa shape index (κ2) is 5.02. The molecule has 0 atom stereocenters. The summed E-state index contributed by atoms with van der Waals surface area (Å²) in [5.41, 5.74) is 0. The van der Waals surface area contributed by atoms with E-state index in [4.69, 9.17) is 5.84 Å². The molecule has 2 rings (SSSR count). The Morgan fingerprint density at radius 2 is 1.88 bits per heavy atom. The van der Waals surface area contributed by atoms with Gasteiger partial charge in [0.1, 0.15) is 0 Å². The van der Waals surface area contributed by atoms with E-state index >= 15 is 0 Å². The van der Waals surface area contributed by atoms with Crippen LogP contribution in [0.15, 0.2) is 24.5 Å². The maximum absolute atomic E-state index is 6.39. The summed E-state index contributed by atoms with van der Waals surface area (Å²) >= 11 is 0. The Morgan fingerprint density at radius 3 is 2.44 bits per heavy atom. The van der Waals surface area contributed by atoms with Crippen LogP contribution in [0.4, 0.5) is 0 Å². The lowest BCUT2D eigenvalue weighted by atomic mass is 10.0. The summed E-state index contributed by atoms with van der Waals surface area (Å²) < 4.78 is 3.13. The van der Waals surface area contributed by atoms with Gasteiger partial charge in [-0.1, -0.05) is 13.3 Å². The number of nitrogens with two attached hydrogens (primary N) is 1. The van der Waals surface area contributed by atoms with Crippen LogP contribution in [0.25, 0.3) is 0 Å². The average molecular weight is 222 g/mol. The minimum absolute atomic E-state index is 0.673. The first-order valence-corrected chi connectivity index (χ1v) is 6.51. The second-order valence-corrected chi connectivity index (χ2v) is 5.10. The predicted molar refractivity (Wildman–Crippen MR) is 66.7 cm³/mol. The third-order valence-corrected chi connectivity index (χ3v) is 3.82. The number of nitrogens with zero attached hydrogens (tertiary/aromatic N) is 2. The molecule has 0 unspecified atom stereocenters. The smallest absolute Gasteiger partial charge is 0.0980 e. The minimum Gasteiger partial charge on any atom is -0.351 e. The molecule has 0 spiro atoms. The zero-order valence-electron chi connectivity index (χ0n) is 10.3. The van der Waals surface area contributed by atoms with Crippen molar-refractivity contribution in [1.29, 1.82) is 0 Å². The van der Waals surface area contributed by atoms with Gasteiger partial charge in [-0.2, -0.15) is 5.84 Å². The molecule has 0 aromatic carbocycles. The molecule has 3 heteroatoms. The lowest BCUT2D eigenvalue weighted by Crippen LogP contribution is -2.59. The summed E-state index contributed by atoms with van der Waals surface area (Å²) in [6, 6.07) is 4.89. The number of piperidine rings is 1. The Bertz CT molecular complexity index is 297. The molecule has 1 fully saturated rings. The van der Waals surface area contributed by atoms with Crippen molar-refractivity contribution in [2.75, 3.05) is 19.6 Å². The van der Waals surface area contributed by atoms with Crippen molar-refractivity contribution >= 4 is 0 Å². The van der Waals surface area contributed by atoms with Crippen LogP contribution in [0.3, 0.4) is 0 Å². The molecule has 1 aliphatic heterocycles. The van der Waals surface area contributed by atoms with Crippen LogP contribution in [0, 0.1) is 0 Å². The molecule has 1 aromatic rings. The van der Waals surface area contributed by atoms with Crippen molar-refractivity contribution in [3.8, 4) is 0 Å². The van der Waals surface area contributed by atoms with Crippen LogP contribution in [0.2, 0.25) is 0 Å². The van der Waals surface area contributed by atoms with Crippen LogP contribution in [0.1, 0.15) is 38.6 Å². The van der Waals surface area contributed by atoms with Crippen molar-refractivity contribution in [1.82, 2.24) is 4.57 Å². The van der Waals surface area contributed by atoms with Gasteiger partial charge in [-0.25, -0.2) is 4.59 Å². The van der Waals surface area contributed by atoms with Gasteiger partial charge in [0.2, 0.25) is 0 Å². The van der Waals surface area contributed by atoms with Gasteiger partial charge in [0.05, 0.1) is 19.6 Å². The largest absolute Gasteiger partial charge is 0.351 e. The molecule has 0 amide bonds. The van der Waals surface area contributed by atoms with Gasteiger partial charge < -0.3 is 4.57 Å². The van der Waals surface area contributed by atoms with Gasteiger partial charge in [0.15, 0.2) is 0 Å². The predicted octanol–water partition coefficient (Wildman–Crippen LogP) is 2.31. The molecule has 0 bridgehead atoms. The Balaban J connectivity index is 1.86. The summed E-state index contributed by atoms with van der Waals surface area (Å²) in [4.78, 5) is 0. The summed E-state index contributed by atoms with van der Waals surface area (Å²) in [7, 11) is 0. The Hall–Kier alpha value is -0.800. The second-order valence-electron chi connectivity index (χ2n) is 5.10. The molecule has 0 saturated carbocycles. The zero-order valence-corrected chi connectivity index (χ0v) is 10.3. The van der Waals surface area contributed by atoms with Gasteiger partial charge in [0, 0.05) is 31.3 Å². The number of quaternary nitrogens is 1. The first kappa shape index (κ1) is 11.7. The minimum atomic E-state index is 0.673. The number of unbranched alkanes of at least 4 members (excludes halogenated alkanes) is 1. The van der Waals surface area contributed by atoms with E-state index in [1.807, 2.05) is 0 Å². The molecule has 1 saturated heterocycles. The standard InChI is InChI=1S/C13H24N3/c1-2-3-10-16(14)11-6-13(7-12-16)15-8-4-5-9-15/h4-5,8-9,13H,2-3,6-7,10-12,14H2,1H3/q+1. The van der Waals surface area contributed by atoms with E-state index in [0.29, 0.717) is 6.04 Å². The Labute approximate surface area is 98.4 Å². The lowest BCUT2D eigenvalue weighted by molar-refractivity contribution is -0.945. The maximum atomic E-state index is 6.39. The fourth-order valence-corrected chi connectivity index (χ4v) is 2.65. The molecule has 2 heterocycles. The molecule has 0 aliphatic carbocycles. The summed E-state index contributed by atoms with van der Waals surface area (Å²) in [6.45, 7) is 5.64. The molecular formula is C13H24N3+. The van der Waals surface area contributed by atoms with Gasteiger partial charge in [0.25, 0.3) is 0 Å². The van der Waals surface area contributed by atoms with Crippen LogP contribution >= 0.6 is 0 Å². The highest BCUT2D eigenvalue weighted by atomic mass is 15.6. The normalized spacial score (nSPS) is 30.5. The van der Waals surface area contributed by atoms with Crippen LogP contribution in [0.5, 0.6) is 0 Å². The highest BCUT2D eigenvalue weighted by molar-refractivity contribution is 4.93. The van der Waals surface area contributed by atoms with Crippen LogP contribution in [-0.2, 0) is 0 Å². The number of aromatic nitrogens is 1. The van der Waals surface area contributed by atoms with Gasteiger partial charge >= 0.3 is 0 Å². The fraction of sp³-hybridized carbons (Fsp3) is 0.692. The Kier molecular flexibility index (Phi) is 3.66. The van der Waals surface area contributed by atoms with E-state index in [9.17, 15) is 0 Å². The van der Waals surface area contributed by atoms with E-state index in [1.165, 1.54) is 25.7 Å². The summed E-state index contributed by atoms with van der Waals surface area (Å²) in [5, 5.41) is 0. The average Bonchev–Trinajstić information content (AvgIpc) is 2.81. The number of hydrogen-bond acceptors (Lipinski definition) is 1. The van der Waals surface area contributed by atoms with E-state index in [0.717, 1.165) is 24.2 Å². The highest BCUT2D eigenvalue weighted by Gasteiger charge is 2.30. The molecule has 16 heavy (non-hydrogen) atoms. The third kappa shape index (κ3) is 2.66. The lowest BCUT2D eigenvalue weighted by Gasteiger charge is -2.39. The molecule has 3 nitrogen and oxygen atoms in total. The summed E-state index contributed by atoms with van der Waals surface area (Å²) in [6.07, 6.45) is 9.28. The summed E-state index contributed by atoms with van der Waals surface area (Å²) in [5.74, 6) is 6.39. The van der Waals surface area contributed by atoms with Gasteiger partial charge in [-0.15, -0.1) is 0 Å². The first-order chi connectivity index (χ1) is 7.73. The van der Waals surface area contributed by atoms with E-state index in [2.05, 4.69) is 36.0 Å². The van der Waals surface area contributed by atoms with Crippen molar-refractivity contribution in [2.24, 2.45) is 5.84 Å². The van der Waals surface area contributed by atoms with Crippen LogP contribution in [-0.4, -0.2) is 28.8 Å². The molecule has 90 valence electrons. The topological polar surface area (TPSA) is 30.9 Å². The van der Waals surface area contributed by atoms with Crippen molar-refractivity contribution < 1.29 is 4.59 Å². The fourth-order valence-electron chi connectivity index (χ4n) is 2.65. The van der Waals surface area contributed by atoms with Crippen molar-refractivity contribution in [3.05, 3.63) is 24.5 Å². The van der Waals surface area contributed by atoms with E-state index in [-0.39, 0.29) is 0 Å². The maximum Gasteiger partial charge on any atom is 0.0980 e. The molecular weight excluding hydrogens is 198 g/mol. The molecule has 1 aliphatic rings. The highest BCUT2D eigenvalue weighted by Crippen LogP contribution is 2.25. The third-order valence-electron chi connectivity index (χ3n) is 3.82. The van der Waals surface area contributed by atoms with E-state index < -0.39 is 0 Å². The number of rotatable bonds is 4. The van der Waals surface area contributed by atoms with Crippen LogP contribution < -0.4 is 5.84 Å². The molecule has 2 N–H and O–H groups in total. The molecule has 0 radical (unpaired) electrons. The monoisotopic (exact) mass is 222 g/mol. The van der Waals surface area contributed by atoms with Gasteiger partial charge in [-0.3, -0.25) is 0 Å². The zero-order chi connectivity index (χ0) is 11.4. The van der Waals surface area contributed by atoms with Crippen molar-refractivity contribution in [3.63, 3.8) is 0 Å². The van der Waals surface area contributed by atoms with Gasteiger partial charge in [-0.05, 0) is 18.6 Å². The SMILES string of the molecule is CCCC[N+]1(N)CCC(n2cccc2)CC1. The quantitative estimate of drug-likeness (QED) is 0.615.